The van der Waals surface area contributed by atoms with E-state index in [1.807, 2.05) is 31.2 Å². The molecule has 0 fully saturated rings. The third-order valence-corrected chi connectivity index (χ3v) is 2.71. The zero-order chi connectivity index (χ0) is 11.4. The van der Waals surface area contributed by atoms with Gasteiger partial charge < -0.3 is 5.32 Å². The maximum atomic E-state index is 6.02. The van der Waals surface area contributed by atoms with Crippen LogP contribution in [0.2, 0.25) is 5.15 Å². The monoisotopic (exact) mass is 232 g/mol. The molecule has 82 valence electrons. The lowest BCUT2D eigenvalue weighted by Gasteiger charge is -2.10. The second-order valence-electron chi connectivity index (χ2n) is 3.63. The fourth-order valence-corrected chi connectivity index (χ4v) is 1.80. The predicted molar refractivity (Wildman–Crippen MR) is 67.8 cm³/mol. The van der Waals surface area contributed by atoms with Crippen LogP contribution in [0.25, 0.3) is 0 Å². The van der Waals surface area contributed by atoms with Gasteiger partial charge in [-0.05, 0) is 24.1 Å². The summed E-state index contributed by atoms with van der Waals surface area (Å²) >= 11 is 6.02. The lowest BCUT2D eigenvalue weighted by molar-refractivity contribution is 1.12. The molecule has 2 aromatic rings. The van der Waals surface area contributed by atoms with E-state index in [-0.39, 0.29) is 0 Å². The standard InChI is InChI=1S/C13H13ClN2/c1-10-7-8-15-13(14)12(10)16-9-11-5-3-2-4-6-11/h2-8,16H,9H2,1H3. The quantitative estimate of drug-likeness (QED) is 0.817. The van der Waals surface area contributed by atoms with Crippen LogP contribution in [-0.4, -0.2) is 4.98 Å². The summed E-state index contributed by atoms with van der Waals surface area (Å²) in [7, 11) is 0. The Kier molecular flexibility index (Phi) is 3.42. The van der Waals surface area contributed by atoms with E-state index >= 15 is 0 Å². The van der Waals surface area contributed by atoms with Crippen molar-refractivity contribution in [2.45, 2.75) is 13.5 Å². The van der Waals surface area contributed by atoms with E-state index in [2.05, 4.69) is 22.4 Å². The lowest BCUT2D eigenvalue weighted by atomic mass is 10.2. The van der Waals surface area contributed by atoms with E-state index in [0.717, 1.165) is 17.8 Å². The number of benzene rings is 1. The number of halogens is 1. The van der Waals surface area contributed by atoms with Gasteiger partial charge in [0.15, 0.2) is 5.15 Å². The van der Waals surface area contributed by atoms with Crippen LogP contribution >= 0.6 is 11.6 Å². The van der Waals surface area contributed by atoms with E-state index in [4.69, 9.17) is 11.6 Å². The topological polar surface area (TPSA) is 24.9 Å². The van der Waals surface area contributed by atoms with Crippen molar-refractivity contribution in [2.24, 2.45) is 0 Å². The third kappa shape index (κ3) is 2.52. The van der Waals surface area contributed by atoms with Crippen LogP contribution in [0.3, 0.4) is 0 Å². The molecule has 2 nitrogen and oxygen atoms in total. The highest BCUT2D eigenvalue weighted by Crippen LogP contribution is 2.23. The van der Waals surface area contributed by atoms with Gasteiger partial charge in [-0.15, -0.1) is 0 Å². The zero-order valence-corrected chi connectivity index (χ0v) is 9.83. The lowest BCUT2D eigenvalue weighted by Crippen LogP contribution is -2.02. The van der Waals surface area contributed by atoms with Crippen molar-refractivity contribution in [3.8, 4) is 0 Å². The molecule has 0 aliphatic rings. The van der Waals surface area contributed by atoms with Gasteiger partial charge in [-0.25, -0.2) is 4.98 Å². The number of hydrogen-bond donors (Lipinski definition) is 1. The van der Waals surface area contributed by atoms with Gasteiger partial charge in [-0.1, -0.05) is 41.9 Å². The molecule has 1 N–H and O–H groups in total. The van der Waals surface area contributed by atoms with Gasteiger partial charge in [0.1, 0.15) is 0 Å². The number of hydrogen-bond acceptors (Lipinski definition) is 2. The minimum absolute atomic E-state index is 0.524. The molecule has 0 radical (unpaired) electrons. The van der Waals surface area contributed by atoms with Crippen LogP contribution in [0, 0.1) is 6.92 Å². The van der Waals surface area contributed by atoms with Gasteiger partial charge in [0.05, 0.1) is 5.69 Å². The Morgan fingerprint density at radius 1 is 1.19 bits per heavy atom. The minimum atomic E-state index is 0.524. The van der Waals surface area contributed by atoms with E-state index in [1.165, 1.54) is 5.56 Å². The van der Waals surface area contributed by atoms with Crippen LogP contribution in [-0.2, 0) is 6.54 Å². The van der Waals surface area contributed by atoms with Crippen molar-refractivity contribution >= 4 is 17.3 Å². The fraction of sp³-hybridized carbons (Fsp3) is 0.154. The smallest absolute Gasteiger partial charge is 0.152 e. The maximum Gasteiger partial charge on any atom is 0.152 e. The van der Waals surface area contributed by atoms with Gasteiger partial charge >= 0.3 is 0 Å². The Labute approximate surface area is 100 Å². The molecular weight excluding hydrogens is 220 g/mol. The van der Waals surface area contributed by atoms with Gasteiger partial charge in [-0.3, -0.25) is 0 Å². The molecule has 0 amide bonds. The number of aromatic nitrogens is 1. The van der Waals surface area contributed by atoms with Crippen LogP contribution in [0.4, 0.5) is 5.69 Å². The molecule has 1 aromatic heterocycles. The summed E-state index contributed by atoms with van der Waals surface area (Å²) < 4.78 is 0. The summed E-state index contributed by atoms with van der Waals surface area (Å²) in [5.74, 6) is 0. The number of aryl methyl sites for hydroxylation is 1. The normalized spacial score (nSPS) is 10.1. The molecule has 0 saturated heterocycles. The van der Waals surface area contributed by atoms with Gasteiger partial charge in [0.2, 0.25) is 0 Å². The SMILES string of the molecule is Cc1ccnc(Cl)c1NCc1ccccc1. The third-order valence-electron chi connectivity index (χ3n) is 2.43. The zero-order valence-electron chi connectivity index (χ0n) is 9.07. The van der Waals surface area contributed by atoms with Crippen LogP contribution in [0.15, 0.2) is 42.6 Å². The second kappa shape index (κ2) is 4.99. The Morgan fingerprint density at radius 3 is 2.62 bits per heavy atom. The number of rotatable bonds is 3. The minimum Gasteiger partial charge on any atom is -0.378 e. The molecule has 0 bridgehead atoms. The van der Waals surface area contributed by atoms with E-state index in [9.17, 15) is 0 Å². The number of nitrogens with zero attached hydrogens (tertiary/aromatic N) is 1. The van der Waals surface area contributed by atoms with E-state index < -0.39 is 0 Å². The molecule has 3 heteroatoms. The maximum absolute atomic E-state index is 6.02. The molecule has 0 saturated carbocycles. The Balaban J connectivity index is 2.11. The van der Waals surface area contributed by atoms with Crippen molar-refractivity contribution in [2.75, 3.05) is 5.32 Å². The first-order chi connectivity index (χ1) is 7.77. The number of nitrogens with one attached hydrogen (secondary N) is 1. The Morgan fingerprint density at radius 2 is 1.94 bits per heavy atom. The average molecular weight is 233 g/mol. The first-order valence-electron chi connectivity index (χ1n) is 5.16. The molecule has 0 aliphatic heterocycles. The van der Waals surface area contributed by atoms with Gasteiger partial charge in [0.25, 0.3) is 0 Å². The molecule has 2 rings (SSSR count). The Bertz CT molecular complexity index is 448. The number of anilines is 1. The number of pyridine rings is 1. The first kappa shape index (κ1) is 11.0. The molecule has 1 aromatic carbocycles. The molecule has 0 spiro atoms. The highest BCUT2D eigenvalue weighted by atomic mass is 35.5. The first-order valence-corrected chi connectivity index (χ1v) is 5.54. The molecule has 0 aliphatic carbocycles. The van der Waals surface area contributed by atoms with Gasteiger partial charge in [-0.2, -0.15) is 0 Å². The van der Waals surface area contributed by atoms with Crippen LogP contribution in [0.5, 0.6) is 0 Å². The average Bonchev–Trinajstić information content (AvgIpc) is 2.30. The summed E-state index contributed by atoms with van der Waals surface area (Å²) in [6.45, 7) is 2.77. The Hall–Kier alpha value is -1.54. The molecule has 0 unspecified atom stereocenters. The highest BCUT2D eigenvalue weighted by Gasteiger charge is 2.03. The van der Waals surface area contributed by atoms with Crippen LogP contribution in [0.1, 0.15) is 11.1 Å². The van der Waals surface area contributed by atoms with Crippen molar-refractivity contribution < 1.29 is 0 Å². The second-order valence-corrected chi connectivity index (χ2v) is 3.99. The van der Waals surface area contributed by atoms with Crippen LogP contribution < -0.4 is 5.32 Å². The largest absolute Gasteiger partial charge is 0.378 e. The highest BCUT2D eigenvalue weighted by molar-refractivity contribution is 6.32. The summed E-state index contributed by atoms with van der Waals surface area (Å²) in [6, 6.07) is 12.1. The molecular formula is C13H13ClN2. The fourth-order valence-electron chi connectivity index (χ4n) is 1.52. The molecule has 16 heavy (non-hydrogen) atoms. The predicted octanol–water partition coefficient (Wildman–Crippen LogP) is 3.66. The van der Waals surface area contributed by atoms with E-state index in [0.29, 0.717) is 5.15 Å². The van der Waals surface area contributed by atoms with Crippen molar-refractivity contribution in [1.29, 1.82) is 0 Å². The summed E-state index contributed by atoms with van der Waals surface area (Å²) in [4.78, 5) is 4.06. The summed E-state index contributed by atoms with van der Waals surface area (Å²) in [6.07, 6.45) is 1.71. The van der Waals surface area contributed by atoms with Gasteiger partial charge in [0, 0.05) is 12.7 Å². The van der Waals surface area contributed by atoms with Crippen molar-refractivity contribution in [1.82, 2.24) is 4.98 Å². The van der Waals surface area contributed by atoms with Crippen molar-refractivity contribution in [3.63, 3.8) is 0 Å². The summed E-state index contributed by atoms with van der Waals surface area (Å²) in [5.41, 5.74) is 3.24. The summed E-state index contributed by atoms with van der Waals surface area (Å²) in [5, 5.41) is 3.83. The van der Waals surface area contributed by atoms with Crippen molar-refractivity contribution in [3.05, 3.63) is 58.9 Å². The molecule has 0 atom stereocenters. The van der Waals surface area contributed by atoms with E-state index in [1.54, 1.807) is 6.20 Å². The molecule has 1 heterocycles.